The Hall–Kier alpha value is -1.10. The fraction of sp³-hybridized carbons (Fsp3) is 0.818. The van der Waals surface area contributed by atoms with Crippen LogP contribution in [0.3, 0.4) is 0 Å². The highest BCUT2D eigenvalue weighted by molar-refractivity contribution is 5.99. The van der Waals surface area contributed by atoms with Crippen molar-refractivity contribution in [2.45, 2.75) is 33.6 Å². The Morgan fingerprint density at radius 3 is 1.88 bits per heavy atom. The lowest BCUT2D eigenvalue weighted by Gasteiger charge is -2.24. The van der Waals surface area contributed by atoms with Crippen LogP contribution in [0.1, 0.15) is 33.6 Å². The summed E-state index contributed by atoms with van der Waals surface area (Å²) in [6.45, 7) is 5.19. The molecule has 0 saturated carbocycles. The Morgan fingerprint density at radius 1 is 1.12 bits per heavy atom. The first-order valence-electron chi connectivity index (χ1n) is 5.48. The number of ether oxygens (including phenoxy) is 2. The van der Waals surface area contributed by atoms with Gasteiger partial charge in [-0.2, -0.15) is 0 Å². The highest BCUT2D eigenvalue weighted by atomic mass is 16.6. The van der Waals surface area contributed by atoms with Gasteiger partial charge in [0.15, 0.2) is 5.41 Å². The van der Waals surface area contributed by atoms with Crippen LogP contribution in [0.5, 0.6) is 0 Å². The topological polar surface area (TPSA) is 72.8 Å². The Morgan fingerprint density at radius 2 is 1.56 bits per heavy atom. The van der Waals surface area contributed by atoms with Gasteiger partial charge in [-0.3, -0.25) is 9.59 Å². The van der Waals surface area contributed by atoms with E-state index in [1.165, 1.54) is 6.92 Å². The molecule has 0 heterocycles. The first-order chi connectivity index (χ1) is 7.52. The molecule has 0 aliphatic heterocycles. The highest BCUT2D eigenvalue weighted by Crippen LogP contribution is 2.27. The number of aliphatic hydroxyl groups is 1. The third-order valence-electron chi connectivity index (χ3n) is 2.29. The number of carbonyl (C=O) groups is 2. The predicted octanol–water partition coefficient (Wildman–Crippen LogP) is 0.891. The van der Waals surface area contributed by atoms with Crippen molar-refractivity contribution < 1.29 is 24.2 Å². The van der Waals surface area contributed by atoms with Gasteiger partial charge in [0.25, 0.3) is 0 Å². The van der Waals surface area contributed by atoms with Crippen LogP contribution in [-0.2, 0) is 19.1 Å². The third kappa shape index (κ3) is 3.81. The van der Waals surface area contributed by atoms with Crippen LogP contribution in [0.15, 0.2) is 0 Å². The van der Waals surface area contributed by atoms with Crippen molar-refractivity contribution >= 4 is 11.9 Å². The van der Waals surface area contributed by atoms with Crippen LogP contribution in [0.25, 0.3) is 0 Å². The molecule has 0 amide bonds. The van der Waals surface area contributed by atoms with Gasteiger partial charge in [-0.05, 0) is 33.6 Å². The van der Waals surface area contributed by atoms with E-state index < -0.39 is 17.4 Å². The molecule has 16 heavy (non-hydrogen) atoms. The number of hydrogen-bond donors (Lipinski definition) is 1. The summed E-state index contributed by atoms with van der Waals surface area (Å²) in [5, 5.41) is 8.75. The van der Waals surface area contributed by atoms with E-state index in [4.69, 9.17) is 14.6 Å². The van der Waals surface area contributed by atoms with Gasteiger partial charge in [0.2, 0.25) is 0 Å². The summed E-state index contributed by atoms with van der Waals surface area (Å²) in [6.07, 6.45) is 0.579. The second-order valence-electron chi connectivity index (χ2n) is 3.60. The van der Waals surface area contributed by atoms with Crippen LogP contribution in [0.4, 0.5) is 0 Å². The molecule has 0 rings (SSSR count). The quantitative estimate of drug-likeness (QED) is 0.521. The van der Waals surface area contributed by atoms with Crippen molar-refractivity contribution in [2.75, 3.05) is 19.8 Å². The standard InChI is InChI=1S/C11H20O5/c1-4-15-9(13)11(3,7-6-8-12)10(14)16-5-2/h12H,4-8H2,1-3H3. The first kappa shape index (κ1) is 14.9. The molecule has 1 N–H and O–H groups in total. The molecule has 0 aliphatic rings. The van der Waals surface area contributed by atoms with E-state index in [1.54, 1.807) is 13.8 Å². The van der Waals surface area contributed by atoms with Gasteiger partial charge < -0.3 is 14.6 Å². The second-order valence-corrected chi connectivity index (χ2v) is 3.60. The minimum Gasteiger partial charge on any atom is -0.465 e. The highest BCUT2D eigenvalue weighted by Gasteiger charge is 2.43. The number of carbonyl (C=O) groups excluding carboxylic acids is 2. The van der Waals surface area contributed by atoms with E-state index in [9.17, 15) is 9.59 Å². The van der Waals surface area contributed by atoms with Crippen molar-refractivity contribution in [3.63, 3.8) is 0 Å². The molecule has 0 unspecified atom stereocenters. The van der Waals surface area contributed by atoms with E-state index in [2.05, 4.69) is 0 Å². The van der Waals surface area contributed by atoms with Crippen LogP contribution in [-0.4, -0.2) is 36.9 Å². The summed E-state index contributed by atoms with van der Waals surface area (Å²) in [7, 11) is 0. The van der Waals surface area contributed by atoms with Crippen LogP contribution in [0.2, 0.25) is 0 Å². The first-order valence-corrected chi connectivity index (χ1v) is 5.48. The van der Waals surface area contributed by atoms with E-state index in [-0.39, 0.29) is 26.2 Å². The average Bonchev–Trinajstić information content (AvgIpc) is 2.26. The summed E-state index contributed by atoms with van der Waals surface area (Å²) in [5.41, 5.74) is -1.31. The molecular formula is C11H20O5. The SMILES string of the molecule is CCOC(=O)C(C)(CCCO)C(=O)OCC. The summed E-state index contributed by atoms with van der Waals surface area (Å²) < 4.78 is 9.70. The monoisotopic (exact) mass is 232 g/mol. The van der Waals surface area contributed by atoms with Gasteiger partial charge in [0, 0.05) is 6.61 Å². The molecule has 0 aliphatic carbocycles. The third-order valence-corrected chi connectivity index (χ3v) is 2.29. The number of esters is 2. The normalized spacial score (nSPS) is 11.0. The Kier molecular flexibility index (Phi) is 6.72. The summed E-state index contributed by atoms with van der Waals surface area (Å²) in [5.74, 6) is -1.19. The fourth-order valence-electron chi connectivity index (χ4n) is 1.30. The molecule has 0 aromatic heterocycles. The Labute approximate surface area is 95.7 Å². The van der Waals surface area contributed by atoms with Crippen molar-refractivity contribution in [3.8, 4) is 0 Å². The van der Waals surface area contributed by atoms with E-state index in [0.29, 0.717) is 6.42 Å². The summed E-state index contributed by atoms with van der Waals surface area (Å²) >= 11 is 0. The minimum atomic E-state index is -1.31. The Bertz CT molecular complexity index is 219. The van der Waals surface area contributed by atoms with Gasteiger partial charge in [0.1, 0.15) is 0 Å². The smallest absolute Gasteiger partial charge is 0.323 e. The number of rotatable bonds is 7. The lowest BCUT2D eigenvalue weighted by atomic mass is 9.85. The molecule has 0 aromatic rings. The van der Waals surface area contributed by atoms with Gasteiger partial charge in [-0.15, -0.1) is 0 Å². The molecule has 0 radical (unpaired) electrons. The van der Waals surface area contributed by atoms with Crippen molar-refractivity contribution in [1.82, 2.24) is 0 Å². The molecule has 94 valence electrons. The van der Waals surface area contributed by atoms with Gasteiger partial charge in [-0.25, -0.2) is 0 Å². The van der Waals surface area contributed by atoms with Crippen LogP contribution in [0, 0.1) is 5.41 Å². The minimum absolute atomic E-state index is 0.0750. The summed E-state index contributed by atoms with van der Waals surface area (Å²) in [4.78, 5) is 23.4. The zero-order valence-corrected chi connectivity index (χ0v) is 10.1. The molecule has 0 aromatic carbocycles. The average molecular weight is 232 g/mol. The molecule has 0 fully saturated rings. The van der Waals surface area contributed by atoms with Crippen molar-refractivity contribution in [2.24, 2.45) is 5.41 Å². The molecule has 5 nitrogen and oxygen atoms in total. The van der Waals surface area contributed by atoms with Crippen molar-refractivity contribution in [3.05, 3.63) is 0 Å². The lowest BCUT2D eigenvalue weighted by molar-refractivity contribution is -0.171. The largest absolute Gasteiger partial charge is 0.465 e. The molecule has 0 spiro atoms. The summed E-state index contributed by atoms with van der Waals surface area (Å²) in [6, 6.07) is 0. The predicted molar refractivity (Wildman–Crippen MR) is 57.7 cm³/mol. The van der Waals surface area contributed by atoms with Crippen LogP contribution < -0.4 is 0 Å². The molecule has 0 saturated heterocycles. The number of hydrogen-bond acceptors (Lipinski definition) is 5. The maximum Gasteiger partial charge on any atom is 0.323 e. The second kappa shape index (κ2) is 7.22. The van der Waals surface area contributed by atoms with E-state index >= 15 is 0 Å². The lowest BCUT2D eigenvalue weighted by Crippen LogP contribution is -2.39. The maximum atomic E-state index is 11.7. The van der Waals surface area contributed by atoms with Gasteiger partial charge in [-0.1, -0.05) is 0 Å². The maximum absolute atomic E-state index is 11.7. The molecular weight excluding hydrogens is 212 g/mol. The van der Waals surface area contributed by atoms with E-state index in [0.717, 1.165) is 0 Å². The van der Waals surface area contributed by atoms with Crippen LogP contribution >= 0.6 is 0 Å². The zero-order chi connectivity index (χ0) is 12.6. The fourth-order valence-corrected chi connectivity index (χ4v) is 1.30. The van der Waals surface area contributed by atoms with Gasteiger partial charge in [0.05, 0.1) is 13.2 Å². The van der Waals surface area contributed by atoms with E-state index in [1.807, 2.05) is 0 Å². The zero-order valence-electron chi connectivity index (χ0n) is 10.1. The van der Waals surface area contributed by atoms with Crippen molar-refractivity contribution in [1.29, 1.82) is 0 Å². The Balaban J connectivity index is 4.71. The number of aliphatic hydroxyl groups excluding tert-OH is 1. The molecule has 0 atom stereocenters. The van der Waals surface area contributed by atoms with Gasteiger partial charge >= 0.3 is 11.9 Å². The molecule has 0 bridgehead atoms. The molecule has 5 heteroatoms.